The predicted octanol–water partition coefficient (Wildman–Crippen LogP) is 3.80. The van der Waals surface area contributed by atoms with Crippen LogP contribution in [0.1, 0.15) is 5.56 Å². The van der Waals surface area contributed by atoms with Crippen molar-refractivity contribution in [2.45, 2.75) is 6.54 Å². The summed E-state index contributed by atoms with van der Waals surface area (Å²) in [5.74, 6) is 1.000. The van der Waals surface area contributed by atoms with Crippen molar-refractivity contribution < 1.29 is 18.7 Å². The Kier molecular flexibility index (Phi) is 6.94. The Morgan fingerprint density at radius 1 is 1.13 bits per heavy atom. The van der Waals surface area contributed by atoms with Gasteiger partial charge in [-0.25, -0.2) is 4.98 Å². The number of primary amides is 1. The summed E-state index contributed by atoms with van der Waals surface area (Å²) >= 11 is 0. The van der Waals surface area contributed by atoms with Gasteiger partial charge in [-0.15, -0.1) is 12.4 Å². The summed E-state index contributed by atoms with van der Waals surface area (Å²) in [5, 5.41) is 3.35. The van der Waals surface area contributed by atoms with Crippen molar-refractivity contribution in [2.75, 3.05) is 19.0 Å². The normalized spacial score (nSPS) is 10.4. The van der Waals surface area contributed by atoms with Crippen molar-refractivity contribution in [1.82, 2.24) is 9.97 Å². The van der Waals surface area contributed by atoms with Crippen LogP contribution in [0.15, 0.2) is 65.2 Å². The molecule has 0 fully saturated rings. The van der Waals surface area contributed by atoms with E-state index in [1.165, 1.54) is 0 Å². The number of nitrogens with one attached hydrogen (secondary N) is 1. The molecular formula is C22H21ClN4O4. The van der Waals surface area contributed by atoms with Gasteiger partial charge in [0, 0.05) is 24.0 Å². The highest BCUT2D eigenvalue weighted by molar-refractivity contribution is 5.85. The number of carbonyl (C=O) groups excluding carboxylic acids is 1. The first-order valence-electron chi connectivity index (χ1n) is 9.26. The number of rotatable bonds is 8. The van der Waals surface area contributed by atoms with Crippen molar-refractivity contribution in [3.63, 3.8) is 0 Å². The van der Waals surface area contributed by atoms with Crippen LogP contribution in [-0.4, -0.2) is 29.6 Å². The van der Waals surface area contributed by atoms with Crippen molar-refractivity contribution >= 4 is 35.2 Å². The number of nitrogens with zero attached hydrogens (tertiary/aromatic N) is 2. The predicted molar refractivity (Wildman–Crippen MR) is 119 cm³/mol. The molecule has 0 saturated heterocycles. The molecule has 0 aliphatic heterocycles. The van der Waals surface area contributed by atoms with E-state index < -0.39 is 5.91 Å². The van der Waals surface area contributed by atoms with Gasteiger partial charge < -0.3 is 24.9 Å². The first-order valence-corrected chi connectivity index (χ1v) is 9.26. The van der Waals surface area contributed by atoms with Crippen LogP contribution >= 0.6 is 12.4 Å². The molecule has 4 rings (SSSR count). The number of hydrogen-bond donors (Lipinski definition) is 2. The van der Waals surface area contributed by atoms with Crippen molar-refractivity contribution in [1.29, 1.82) is 0 Å². The molecule has 0 radical (unpaired) electrons. The van der Waals surface area contributed by atoms with Crippen LogP contribution in [-0.2, 0) is 11.3 Å². The molecule has 2 aromatic carbocycles. The lowest BCUT2D eigenvalue weighted by Gasteiger charge is -2.12. The standard InChI is InChI=1S/C22H20N4O4.ClH/c1-28-19-11-14(4-9-17(19)29-13-20(23)27)12-25-16-7-5-15(6-8-16)22-26-21-18(30-22)3-2-10-24-21;/h2-11,25H,12-13H2,1H3,(H2,23,27);1H. The van der Waals surface area contributed by atoms with Gasteiger partial charge in [-0.1, -0.05) is 6.07 Å². The molecule has 0 saturated carbocycles. The lowest BCUT2D eigenvalue weighted by Crippen LogP contribution is -2.20. The van der Waals surface area contributed by atoms with Gasteiger partial charge in [0.05, 0.1) is 7.11 Å². The summed E-state index contributed by atoms with van der Waals surface area (Å²) in [7, 11) is 1.55. The number of fused-ring (bicyclic) bond motifs is 1. The summed E-state index contributed by atoms with van der Waals surface area (Å²) in [4.78, 5) is 19.5. The Labute approximate surface area is 184 Å². The van der Waals surface area contributed by atoms with Gasteiger partial charge >= 0.3 is 0 Å². The highest BCUT2D eigenvalue weighted by Crippen LogP contribution is 2.29. The maximum Gasteiger partial charge on any atom is 0.255 e. The SMILES string of the molecule is COc1cc(CNc2ccc(-c3nc4ncccc4o3)cc2)ccc1OCC(N)=O.Cl. The summed E-state index contributed by atoms with van der Waals surface area (Å²) in [6.45, 7) is 0.384. The van der Waals surface area contributed by atoms with E-state index in [0.29, 0.717) is 35.2 Å². The molecule has 0 aliphatic rings. The van der Waals surface area contributed by atoms with E-state index in [1.807, 2.05) is 48.5 Å². The number of methoxy groups -OCH3 is 1. The second kappa shape index (κ2) is 9.82. The van der Waals surface area contributed by atoms with E-state index in [2.05, 4.69) is 15.3 Å². The minimum Gasteiger partial charge on any atom is -0.493 e. The molecule has 2 aromatic heterocycles. The minimum atomic E-state index is -0.541. The molecule has 160 valence electrons. The van der Waals surface area contributed by atoms with E-state index in [-0.39, 0.29) is 19.0 Å². The monoisotopic (exact) mass is 440 g/mol. The summed E-state index contributed by atoms with van der Waals surface area (Å²) in [6.07, 6.45) is 1.69. The number of benzene rings is 2. The van der Waals surface area contributed by atoms with Crippen LogP contribution in [0.5, 0.6) is 11.5 Å². The number of aromatic nitrogens is 2. The molecule has 3 N–H and O–H groups in total. The fraction of sp³-hybridized carbons (Fsp3) is 0.136. The Bertz CT molecular complexity index is 1140. The van der Waals surface area contributed by atoms with Gasteiger partial charge in [0.2, 0.25) is 5.89 Å². The first-order chi connectivity index (χ1) is 14.6. The third kappa shape index (κ3) is 5.23. The summed E-state index contributed by atoms with van der Waals surface area (Å²) in [6, 6.07) is 16.9. The Balaban J connectivity index is 0.00000272. The van der Waals surface area contributed by atoms with Crippen LogP contribution in [0.2, 0.25) is 0 Å². The molecule has 0 bridgehead atoms. The Morgan fingerprint density at radius 3 is 2.65 bits per heavy atom. The maximum atomic E-state index is 10.9. The number of nitrogens with two attached hydrogens (primary N) is 1. The van der Waals surface area contributed by atoms with E-state index in [0.717, 1.165) is 16.8 Å². The van der Waals surface area contributed by atoms with Gasteiger partial charge in [-0.05, 0) is 54.1 Å². The molecule has 9 heteroatoms. The van der Waals surface area contributed by atoms with Crippen LogP contribution in [0, 0.1) is 0 Å². The van der Waals surface area contributed by atoms with E-state index in [9.17, 15) is 4.79 Å². The Hall–Kier alpha value is -3.78. The van der Waals surface area contributed by atoms with Gasteiger partial charge in [0.1, 0.15) is 0 Å². The van der Waals surface area contributed by atoms with Crippen molar-refractivity contribution in [3.05, 3.63) is 66.4 Å². The fourth-order valence-electron chi connectivity index (χ4n) is 2.92. The number of anilines is 1. The molecule has 8 nitrogen and oxygen atoms in total. The van der Waals surface area contributed by atoms with Crippen LogP contribution < -0.4 is 20.5 Å². The zero-order valence-corrected chi connectivity index (χ0v) is 17.5. The van der Waals surface area contributed by atoms with E-state index >= 15 is 0 Å². The lowest BCUT2D eigenvalue weighted by molar-refractivity contribution is -0.119. The molecule has 0 unspecified atom stereocenters. The Morgan fingerprint density at radius 2 is 1.94 bits per heavy atom. The largest absolute Gasteiger partial charge is 0.493 e. The first kappa shape index (κ1) is 21.9. The quantitative estimate of drug-likeness (QED) is 0.428. The molecule has 31 heavy (non-hydrogen) atoms. The van der Waals surface area contributed by atoms with Crippen LogP contribution in [0.3, 0.4) is 0 Å². The number of carbonyl (C=O) groups is 1. The van der Waals surface area contributed by atoms with Gasteiger partial charge in [0.25, 0.3) is 5.91 Å². The highest BCUT2D eigenvalue weighted by atomic mass is 35.5. The maximum absolute atomic E-state index is 10.9. The van der Waals surface area contributed by atoms with Crippen molar-refractivity contribution in [2.24, 2.45) is 5.73 Å². The van der Waals surface area contributed by atoms with E-state index in [4.69, 9.17) is 19.6 Å². The molecule has 0 aliphatic carbocycles. The minimum absolute atomic E-state index is 0. The van der Waals surface area contributed by atoms with Gasteiger partial charge in [-0.2, -0.15) is 4.98 Å². The van der Waals surface area contributed by atoms with Crippen LogP contribution in [0.25, 0.3) is 22.7 Å². The third-order valence-electron chi connectivity index (χ3n) is 4.39. The molecule has 0 atom stereocenters. The molecule has 4 aromatic rings. The molecular weight excluding hydrogens is 420 g/mol. The zero-order chi connectivity index (χ0) is 20.9. The van der Waals surface area contributed by atoms with Gasteiger partial charge in [0.15, 0.2) is 29.3 Å². The number of halogens is 1. The average molecular weight is 441 g/mol. The second-order valence-corrected chi connectivity index (χ2v) is 6.52. The molecule has 0 spiro atoms. The van der Waals surface area contributed by atoms with E-state index in [1.54, 1.807) is 19.4 Å². The molecule has 2 heterocycles. The summed E-state index contributed by atoms with van der Waals surface area (Å²) < 4.78 is 16.4. The smallest absolute Gasteiger partial charge is 0.255 e. The number of amides is 1. The average Bonchev–Trinajstić information content (AvgIpc) is 3.21. The lowest BCUT2D eigenvalue weighted by atomic mass is 10.1. The number of pyridine rings is 1. The zero-order valence-electron chi connectivity index (χ0n) is 16.7. The second-order valence-electron chi connectivity index (χ2n) is 6.52. The topological polar surface area (TPSA) is 112 Å². The summed E-state index contributed by atoms with van der Waals surface area (Å²) in [5.41, 5.74) is 9.17. The number of hydrogen-bond acceptors (Lipinski definition) is 7. The highest BCUT2D eigenvalue weighted by Gasteiger charge is 2.09. The van der Waals surface area contributed by atoms with Crippen molar-refractivity contribution in [3.8, 4) is 23.0 Å². The van der Waals surface area contributed by atoms with Crippen LogP contribution in [0.4, 0.5) is 5.69 Å². The third-order valence-corrected chi connectivity index (χ3v) is 4.39. The molecule has 1 amide bonds. The van der Waals surface area contributed by atoms with Gasteiger partial charge in [-0.3, -0.25) is 4.79 Å². The number of ether oxygens (including phenoxy) is 2. The number of oxazole rings is 1. The fourth-order valence-corrected chi connectivity index (χ4v) is 2.92.